The fraction of sp³-hybridized carbons (Fsp3) is 0.800. The molecular weight excluding hydrogens is 392 g/mol. The number of carboxylic acids is 1. The zero-order valence-corrected chi connectivity index (χ0v) is 18.9. The minimum atomic E-state index is -1.31. The molecule has 5 unspecified atom stereocenters. The summed E-state index contributed by atoms with van der Waals surface area (Å²) in [6.45, 7) is 11.8. The van der Waals surface area contributed by atoms with E-state index in [-0.39, 0.29) is 17.8 Å². The van der Waals surface area contributed by atoms with Crippen molar-refractivity contribution in [1.29, 1.82) is 0 Å². The van der Waals surface area contributed by atoms with Crippen LogP contribution >= 0.6 is 0 Å². The van der Waals surface area contributed by atoms with Crippen molar-refractivity contribution in [2.75, 3.05) is 0 Å². The summed E-state index contributed by atoms with van der Waals surface area (Å²) in [5.41, 5.74) is 5.83. The molecule has 0 aliphatic heterocycles. The number of carbonyl (C=O) groups is 4. The van der Waals surface area contributed by atoms with Gasteiger partial charge in [-0.15, -0.1) is 0 Å². The molecule has 0 fully saturated rings. The SMILES string of the molecule is CC(C)CC(N)C(=O)NC(C(=O)NC(C(=O)NC(C(=O)O)C(C)C)C(C)C)C(C)O. The summed E-state index contributed by atoms with van der Waals surface area (Å²) in [6.07, 6.45) is -0.832. The molecule has 0 heterocycles. The van der Waals surface area contributed by atoms with Crippen molar-refractivity contribution in [2.45, 2.75) is 85.2 Å². The van der Waals surface area contributed by atoms with Crippen LogP contribution in [0.15, 0.2) is 0 Å². The first-order valence-corrected chi connectivity index (χ1v) is 10.3. The van der Waals surface area contributed by atoms with Crippen LogP contribution < -0.4 is 21.7 Å². The number of amides is 3. The Morgan fingerprint density at radius 3 is 1.50 bits per heavy atom. The average Bonchev–Trinajstić information content (AvgIpc) is 2.59. The lowest BCUT2D eigenvalue weighted by Crippen LogP contribution is -2.61. The first kappa shape index (κ1) is 27.8. The highest BCUT2D eigenvalue weighted by molar-refractivity contribution is 5.94. The van der Waals surface area contributed by atoms with Crippen LogP contribution in [0.5, 0.6) is 0 Å². The van der Waals surface area contributed by atoms with Gasteiger partial charge < -0.3 is 31.9 Å². The quantitative estimate of drug-likeness (QED) is 0.244. The lowest BCUT2D eigenvalue weighted by atomic mass is 9.99. The predicted octanol–water partition coefficient (Wildman–Crippen LogP) is -0.408. The number of aliphatic hydroxyl groups excluding tert-OH is 1. The van der Waals surface area contributed by atoms with E-state index in [2.05, 4.69) is 16.0 Å². The third-order valence-corrected chi connectivity index (χ3v) is 4.60. The summed E-state index contributed by atoms with van der Waals surface area (Å²) in [5.74, 6) is -3.75. The summed E-state index contributed by atoms with van der Waals surface area (Å²) in [6, 6.07) is -4.33. The minimum absolute atomic E-state index is 0.168. The van der Waals surface area contributed by atoms with Gasteiger partial charge in [0.15, 0.2) is 0 Å². The Labute approximate surface area is 178 Å². The average molecular weight is 431 g/mol. The van der Waals surface area contributed by atoms with Gasteiger partial charge >= 0.3 is 5.97 Å². The molecule has 0 radical (unpaired) electrons. The van der Waals surface area contributed by atoms with Crippen molar-refractivity contribution in [2.24, 2.45) is 23.5 Å². The number of hydrogen-bond acceptors (Lipinski definition) is 6. The van der Waals surface area contributed by atoms with Crippen molar-refractivity contribution in [3.05, 3.63) is 0 Å². The molecule has 7 N–H and O–H groups in total. The van der Waals surface area contributed by atoms with Gasteiger partial charge in [-0.25, -0.2) is 4.79 Å². The first-order chi connectivity index (χ1) is 13.7. The van der Waals surface area contributed by atoms with Crippen molar-refractivity contribution >= 4 is 23.7 Å². The van der Waals surface area contributed by atoms with Crippen LogP contribution in [0.4, 0.5) is 0 Å². The van der Waals surface area contributed by atoms with E-state index < -0.39 is 54.0 Å². The number of nitrogens with one attached hydrogen (secondary N) is 3. The van der Waals surface area contributed by atoms with E-state index in [1.165, 1.54) is 6.92 Å². The number of carboxylic acid groups (broad SMARTS) is 1. The second kappa shape index (κ2) is 12.5. The number of carbonyl (C=O) groups excluding carboxylic acids is 3. The molecule has 0 spiro atoms. The van der Waals surface area contributed by atoms with E-state index in [0.29, 0.717) is 6.42 Å². The lowest BCUT2D eigenvalue weighted by molar-refractivity contribution is -0.144. The highest BCUT2D eigenvalue weighted by atomic mass is 16.4. The molecular formula is C20H38N4O6. The Bertz CT molecular complexity index is 606. The standard InChI is InChI=1S/C20H38N4O6/c1-9(2)8-13(21)17(26)24-16(12(7)25)19(28)22-14(10(3)4)18(27)23-15(11(5)6)20(29)30/h9-16,25H,8,21H2,1-7H3,(H,22,28)(H,23,27)(H,24,26)(H,29,30). The van der Waals surface area contributed by atoms with Gasteiger partial charge in [-0.1, -0.05) is 41.5 Å². The molecule has 0 aromatic rings. The fourth-order valence-corrected chi connectivity index (χ4v) is 2.82. The molecule has 3 amide bonds. The van der Waals surface area contributed by atoms with Crippen LogP contribution in [0.1, 0.15) is 54.9 Å². The van der Waals surface area contributed by atoms with Gasteiger partial charge in [0.2, 0.25) is 17.7 Å². The van der Waals surface area contributed by atoms with Crippen molar-refractivity contribution in [3.63, 3.8) is 0 Å². The van der Waals surface area contributed by atoms with Crippen LogP contribution in [0, 0.1) is 17.8 Å². The third kappa shape index (κ3) is 9.08. The number of rotatable bonds is 12. The number of nitrogens with two attached hydrogens (primary N) is 1. The van der Waals surface area contributed by atoms with E-state index in [1.807, 2.05) is 13.8 Å². The fourth-order valence-electron chi connectivity index (χ4n) is 2.82. The Morgan fingerprint density at radius 1 is 0.733 bits per heavy atom. The van der Waals surface area contributed by atoms with E-state index in [9.17, 15) is 29.4 Å². The molecule has 0 saturated carbocycles. The molecule has 5 atom stereocenters. The van der Waals surface area contributed by atoms with E-state index in [4.69, 9.17) is 5.73 Å². The monoisotopic (exact) mass is 430 g/mol. The van der Waals surface area contributed by atoms with E-state index >= 15 is 0 Å². The van der Waals surface area contributed by atoms with Crippen molar-refractivity contribution < 1.29 is 29.4 Å². The van der Waals surface area contributed by atoms with Crippen LogP contribution in [0.2, 0.25) is 0 Å². The maximum absolute atomic E-state index is 12.7. The van der Waals surface area contributed by atoms with Crippen LogP contribution in [0.25, 0.3) is 0 Å². The Hall–Kier alpha value is -2.20. The van der Waals surface area contributed by atoms with Gasteiger partial charge in [0.1, 0.15) is 18.1 Å². The number of aliphatic hydroxyl groups is 1. The largest absolute Gasteiger partial charge is 0.480 e. The maximum Gasteiger partial charge on any atom is 0.326 e. The smallest absolute Gasteiger partial charge is 0.326 e. The lowest BCUT2D eigenvalue weighted by Gasteiger charge is -2.28. The Balaban J connectivity index is 5.34. The van der Waals surface area contributed by atoms with Crippen LogP contribution in [0.3, 0.4) is 0 Å². The zero-order valence-electron chi connectivity index (χ0n) is 18.9. The second-order valence-corrected chi connectivity index (χ2v) is 8.76. The highest BCUT2D eigenvalue weighted by Crippen LogP contribution is 2.08. The molecule has 0 aromatic carbocycles. The normalized spacial score (nSPS) is 16.5. The van der Waals surface area contributed by atoms with Gasteiger partial charge in [-0.3, -0.25) is 14.4 Å². The summed E-state index contributed by atoms with van der Waals surface area (Å²) in [4.78, 5) is 49.0. The molecule has 0 aromatic heterocycles. The molecule has 0 aliphatic rings. The zero-order chi connectivity index (χ0) is 23.8. The van der Waals surface area contributed by atoms with Gasteiger partial charge in [-0.2, -0.15) is 0 Å². The van der Waals surface area contributed by atoms with Crippen molar-refractivity contribution in [3.8, 4) is 0 Å². The molecule has 10 nitrogen and oxygen atoms in total. The van der Waals surface area contributed by atoms with E-state index in [0.717, 1.165) is 0 Å². The van der Waals surface area contributed by atoms with Gasteiger partial charge in [-0.05, 0) is 31.1 Å². The summed E-state index contributed by atoms with van der Waals surface area (Å²) in [5, 5.41) is 26.6. The molecule has 10 heteroatoms. The Morgan fingerprint density at radius 2 is 1.13 bits per heavy atom. The molecule has 0 saturated heterocycles. The molecule has 0 aliphatic carbocycles. The summed E-state index contributed by atoms with van der Waals surface area (Å²) < 4.78 is 0. The van der Waals surface area contributed by atoms with Gasteiger partial charge in [0.25, 0.3) is 0 Å². The molecule has 0 rings (SSSR count). The maximum atomic E-state index is 12.7. The van der Waals surface area contributed by atoms with Crippen molar-refractivity contribution in [1.82, 2.24) is 16.0 Å². The minimum Gasteiger partial charge on any atom is -0.480 e. The van der Waals surface area contributed by atoms with Crippen LogP contribution in [-0.2, 0) is 19.2 Å². The third-order valence-electron chi connectivity index (χ3n) is 4.60. The Kier molecular flexibility index (Phi) is 11.6. The second-order valence-electron chi connectivity index (χ2n) is 8.76. The molecule has 0 bridgehead atoms. The summed E-state index contributed by atoms with van der Waals surface area (Å²) in [7, 11) is 0. The van der Waals surface area contributed by atoms with E-state index in [1.54, 1.807) is 27.7 Å². The predicted molar refractivity (Wildman–Crippen MR) is 112 cm³/mol. The number of hydrogen-bond donors (Lipinski definition) is 6. The molecule has 174 valence electrons. The van der Waals surface area contributed by atoms with Crippen LogP contribution in [-0.4, -0.2) is 64.2 Å². The first-order valence-electron chi connectivity index (χ1n) is 10.3. The van der Waals surface area contributed by atoms with Gasteiger partial charge in [0, 0.05) is 0 Å². The topological polar surface area (TPSA) is 171 Å². The number of aliphatic carboxylic acids is 1. The summed E-state index contributed by atoms with van der Waals surface area (Å²) >= 11 is 0. The molecule has 30 heavy (non-hydrogen) atoms. The van der Waals surface area contributed by atoms with Gasteiger partial charge in [0.05, 0.1) is 12.1 Å². The highest BCUT2D eigenvalue weighted by Gasteiger charge is 2.34.